The molecule has 1 unspecified atom stereocenters. The van der Waals surface area contributed by atoms with Crippen LogP contribution < -0.4 is 20.5 Å². The van der Waals surface area contributed by atoms with Gasteiger partial charge in [-0.3, -0.25) is 0 Å². The normalized spacial score (nSPS) is 15.3. The number of aryl methyl sites for hydroxylation is 1. The van der Waals surface area contributed by atoms with Crippen LogP contribution in [0.4, 0.5) is 5.69 Å². The van der Waals surface area contributed by atoms with Crippen LogP contribution in [0, 0.1) is 12.8 Å². The van der Waals surface area contributed by atoms with Gasteiger partial charge in [-0.15, -0.1) is 0 Å². The van der Waals surface area contributed by atoms with Gasteiger partial charge in [0.15, 0.2) is 11.5 Å². The third kappa shape index (κ3) is 2.88. The standard InChI is InChI=1S/C14H22N2O2/c1-3-11(8-15)9-16-12-7-14-13(6-10(12)2)17-4-5-18-14/h6-7,11,16H,3-5,8-9,15H2,1-2H3. The Kier molecular flexibility index (Phi) is 4.31. The van der Waals surface area contributed by atoms with E-state index in [0.29, 0.717) is 25.7 Å². The van der Waals surface area contributed by atoms with E-state index in [-0.39, 0.29) is 0 Å². The minimum Gasteiger partial charge on any atom is -0.486 e. The predicted octanol–water partition coefficient (Wildman–Crippen LogP) is 2.16. The zero-order chi connectivity index (χ0) is 13.0. The Labute approximate surface area is 108 Å². The van der Waals surface area contributed by atoms with Crippen LogP contribution >= 0.6 is 0 Å². The first-order valence-electron chi connectivity index (χ1n) is 6.58. The van der Waals surface area contributed by atoms with Crippen LogP contribution in [0.3, 0.4) is 0 Å². The molecule has 18 heavy (non-hydrogen) atoms. The molecule has 1 heterocycles. The van der Waals surface area contributed by atoms with Crippen molar-refractivity contribution in [3.63, 3.8) is 0 Å². The zero-order valence-electron chi connectivity index (χ0n) is 11.2. The minimum atomic E-state index is 0.512. The molecule has 2 rings (SSSR count). The maximum Gasteiger partial charge on any atom is 0.163 e. The molecule has 0 saturated heterocycles. The Morgan fingerprint density at radius 1 is 1.28 bits per heavy atom. The third-order valence-electron chi connectivity index (χ3n) is 3.38. The molecule has 1 aliphatic rings. The second-order valence-electron chi connectivity index (χ2n) is 4.70. The molecule has 0 spiro atoms. The van der Waals surface area contributed by atoms with Crippen molar-refractivity contribution in [3.05, 3.63) is 17.7 Å². The summed E-state index contributed by atoms with van der Waals surface area (Å²) in [5, 5.41) is 3.45. The van der Waals surface area contributed by atoms with Gasteiger partial charge in [0.1, 0.15) is 13.2 Å². The molecule has 1 aromatic carbocycles. The summed E-state index contributed by atoms with van der Waals surface area (Å²) in [4.78, 5) is 0. The highest BCUT2D eigenvalue weighted by Crippen LogP contribution is 2.35. The summed E-state index contributed by atoms with van der Waals surface area (Å²) in [5.74, 6) is 2.18. The average Bonchev–Trinajstić information content (AvgIpc) is 2.40. The number of hydrogen-bond donors (Lipinski definition) is 2. The minimum absolute atomic E-state index is 0.512. The summed E-state index contributed by atoms with van der Waals surface area (Å²) in [5.41, 5.74) is 7.99. The number of fused-ring (bicyclic) bond motifs is 1. The second kappa shape index (κ2) is 5.96. The highest BCUT2D eigenvalue weighted by Gasteiger charge is 2.14. The van der Waals surface area contributed by atoms with E-state index in [9.17, 15) is 0 Å². The number of nitrogens with two attached hydrogens (primary N) is 1. The van der Waals surface area contributed by atoms with E-state index in [0.717, 1.165) is 30.2 Å². The maximum absolute atomic E-state index is 5.71. The average molecular weight is 250 g/mol. The van der Waals surface area contributed by atoms with Crippen molar-refractivity contribution in [2.75, 3.05) is 31.6 Å². The van der Waals surface area contributed by atoms with Crippen LogP contribution in [0.15, 0.2) is 12.1 Å². The van der Waals surface area contributed by atoms with Crippen molar-refractivity contribution in [3.8, 4) is 11.5 Å². The van der Waals surface area contributed by atoms with Gasteiger partial charge in [-0.25, -0.2) is 0 Å². The summed E-state index contributed by atoms with van der Waals surface area (Å²) in [6, 6.07) is 4.05. The molecule has 3 N–H and O–H groups in total. The maximum atomic E-state index is 5.71. The monoisotopic (exact) mass is 250 g/mol. The zero-order valence-corrected chi connectivity index (χ0v) is 11.2. The molecule has 0 amide bonds. The van der Waals surface area contributed by atoms with E-state index in [1.807, 2.05) is 12.1 Å². The lowest BCUT2D eigenvalue weighted by Gasteiger charge is -2.22. The molecule has 4 heteroatoms. The molecule has 0 radical (unpaired) electrons. The first-order valence-corrected chi connectivity index (χ1v) is 6.58. The molecule has 0 bridgehead atoms. The molecule has 0 aromatic heterocycles. The van der Waals surface area contributed by atoms with Gasteiger partial charge in [0, 0.05) is 18.3 Å². The van der Waals surface area contributed by atoms with Gasteiger partial charge in [0.2, 0.25) is 0 Å². The highest BCUT2D eigenvalue weighted by atomic mass is 16.6. The van der Waals surface area contributed by atoms with Gasteiger partial charge in [0.05, 0.1) is 0 Å². The van der Waals surface area contributed by atoms with Crippen molar-refractivity contribution < 1.29 is 9.47 Å². The Morgan fingerprint density at radius 2 is 1.94 bits per heavy atom. The number of nitrogens with one attached hydrogen (secondary N) is 1. The highest BCUT2D eigenvalue weighted by molar-refractivity contribution is 5.60. The Morgan fingerprint density at radius 3 is 2.56 bits per heavy atom. The smallest absolute Gasteiger partial charge is 0.163 e. The Balaban J connectivity index is 2.08. The van der Waals surface area contributed by atoms with Crippen LogP contribution in [-0.4, -0.2) is 26.3 Å². The molecule has 0 fully saturated rings. The van der Waals surface area contributed by atoms with E-state index >= 15 is 0 Å². The molecule has 1 aromatic rings. The predicted molar refractivity (Wildman–Crippen MR) is 73.5 cm³/mol. The summed E-state index contributed by atoms with van der Waals surface area (Å²) >= 11 is 0. The fourth-order valence-electron chi connectivity index (χ4n) is 2.03. The van der Waals surface area contributed by atoms with Crippen molar-refractivity contribution in [1.29, 1.82) is 0 Å². The van der Waals surface area contributed by atoms with Gasteiger partial charge >= 0.3 is 0 Å². The lowest BCUT2D eigenvalue weighted by atomic mass is 10.1. The number of rotatable bonds is 5. The fourth-order valence-corrected chi connectivity index (χ4v) is 2.03. The molecule has 0 saturated carbocycles. The Bertz CT molecular complexity index is 403. The van der Waals surface area contributed by atoms with E-state index in [1.54, 1.807) is 0 Å². The molecule has 0 aliphatic carbocycles. The van der Waals surface area contributed by atoms with Crippen molar-refractivity contribution in [1.82, 2.24) is 0 Å². The van der Waals surface area contributed by atoms with Gasteiger partial charge < -0.3 is 20.5 Å². The SMILES string of the molecule is CCC(CN)CNc1cc2c(cc1C)OCCO2. The number of anilines is 1. The first-order chi connectivity index (χ1) is 8.74. The number of benzene rings is 1. The van der Waals surface area contributed by atoms with E-state index in [1.165, 1.54) is 5.56 Å². The van der Waals surface area contributed by atoms with Gasteiger partial charge in [-0.1, -0.05) is 13.3 Å². The molecule has 4 nitrogen and oxygen atoms in total. The summed E-state index contributed by atoms with van der Waals surface area (Å²) in [7, 11) is 0. The van der Waals surface area contributed by atoms with E-state index < -0.39 is 0 Å². The second-order valence-corrected chi connectivity index (χ2v) is 4.70. The lowest BCUT2D eigenvalue weighted by Crippen LogP contribution is -2.22. The largest absolute Gasteiger partial charge is 0.486 e. The van der Waals surface area contributed by atoms with E-state index in [2.05, 4.69) is 19.2 Å². The van der Waals surface area contributed by atoms with Crippen molar-refractivity contribution in [2.24, 2.45) is 11.7 Å². The van der Waals surface area contributed by atoms with Crippen LogP contribution in [0.2, 0.25) is 0 Å². The topological polar surface area (TPSA) is 56.5 Å². The van der Waals surface area contributed by atoms with E-state index in [4.69, 9.17) is 15.2 Å². The first kappa shape index (κ1) is 13.0. The molecule has 100 valence electrons. The van der Waals surface area contributed by atoms with Crippen molar-refractivity contribution in [2.45, 2.75) is 20.3 Å². The van der Waals surface area contributed by atoms with Crippen LogP contribution in [-0.2, 0) is 0 Å². The summed E-state index contributed by atoms with van der Waals surface area (Å²) in [6.45, 7) is 7.10. The molecule has 1 aliphatic heterocycles. The van der Waals surface area contributed by atoms with Crippen molar-refractivity contribution >= 4 is 5.69 Å². The third-order valence-corrected chi connectivity index (χ3v) is 3.38. The molecular weight excluding hydrogens is 228 g/mol. The van der Waals surface area contributed by atoms with Gasteiger partial charge in [0.25, 0.3) is 0 Å². The quantitative estimate of drug-likeness (QED) is 0.841. The van der Waals surface area contributed by atoms with Crippen LogP contribution in [0.25, 0.3) is 0 Å². The fraction of sp³-hybridized carbons (Fsp3) is 0.571. The summed E-state index contributed by atoms with van der Waals surface area (Å²) in [6.07, 6.45) is 1.09. The molecule has 1 atom stereocenters. The lowest BCUT2D eigenvalue weighted by molar-refractivity contribution is 0.171. The van der Waals surface area contributed by atoms with Gasteiger partial charge in [-0.2, -0.15) is 0 Å². The Hall–Kier alpha value is -1.42. The van der Waals surface area contributed by atoms with Crippen LogP contribution in [0.5, 0.6) is 11.5 Å². The summed E-state index contributed by atoms with van der Waals surface area (Å²) < 4.78 is 11.1. The van der Waals surface area contributed by atoms with Crippen LogP contribution in [0.1, 0.15) is 18.9 Å². The molecular formula is C14H22N2O2. The number of hydrogen-bond acceptors (Lipinski definition) is 4. The number of ether oxygens (including phenoxy) is 2. The van der Waals surface area contributed by atoms with Gasteiger partial charge in [-0.05, 0) is 31.0 Å².